The number of rotatable bonds is 10. The van der Waals surface area contributed by atoms with E-state index in [1.165, 1.54) is 0 Å². The maximum absolute atomic E-state index is 11.9. The Morgan fingerprint density at radius 1 is 1.19 bits per heavy atom. The standard InChI is InChI=1S/C17H28N2O2/c1-15-9-6-7-10-16(15)21-14-13-19(2)17(20)11-5-3-4-8-12-18/h6-7,9-10H,3-5,8,11-14,18H2,1-2H3. The van der Waals surface area contributed by atoms with Gasteiger partial charge in [-0.25, -0.2) is 0 Å². The van der Waals surface area contributed by atoms with Crippen molar-refractivity contribution in [2.75, 3.05) is 26.7 Å². The van der Waals surface area contributed by atoms with E-state index in [1.807, 2.05) is 38.2 Å². The molecule has 21 heavy (non-hydrogen) atoms. The first kappa shape index (κ1) is 17.5. The first-order chi connectivity index (χ1) is 10.1. The fraction of sp³-hybridized carbons (Fsp3) is 0.588. The molecule has 4 nitrogen and oxygen atoms in total. The number of hydrogen-bond acceptors (Lipinski definition) is 3. The zero-order chi connectivity index (χ0) is 15.5. The van der Waals surface area contributed by atoms with Crippen LogP contribution in [-0.4, -0.2) is 37.6 Å². The molecule has 0 aliphatic carbocycles. The lowest BCUT2D eigenvalue weighted by Gasteiger charge is -2.18. The predicted molar refractivity (Wildman–Crippen MR) is 86.5 cm³/mol. The van der Waals surface area contributed by atoms with E-state index in [2.05, 4.69) is 0 Å². The minimum absolute atomic E-state index is 0.191. The smallest absolute Gasteiger partial charge is 0.222 e. The molecule has 0 aliphatic rings. The van der Waals surface area contributed by atoms with E-state index in [9.17, 15) is 4.79 Å². The second-order valence-electron chi connectivity index (χ2n) is 5.38. The highest BCUT2D eigenvalue weighted by atomic mass is 16.5. The van der Waals surface area contributed by atoms with Gasteiger partial charge in [-0.1, -0.05) is 31.0 Å². The molecule has 0 radical (unpaired) electrons. The molecule has 0 spiro atoms. The van der Waals surface area contributed by atoms with Crippen LogP contribution in [0.1, 0.15) is 37.7 Å². The van der Waals surface area contributed by atoms with Crippen molar-refractivity contribution in [2.45, 2.75) is 39.0 Å². The average molecular weight is 292 g/mol. The number of hydrogen-bond donors (Lipinski definition) is 1. The third-order valence-electron chi connectivity index (χ3n) is 3.55. The van der Waals surface area contributed by atoms with Crippen molar-refractivity contribution in [2.24, 2.45) is 5.73 Å². The van der Waals surface area contributed by atoms with E-state index < -0.39 is 0 Å². The molecule has 0 bridgehead atoms. The number of aryl methyl sites for hydroxylation is 1. The Morgan fingerprint density at radius 3 is 2.62 bits per heavy atom. The van der Waals surface area contributed by atoms with Crippen LogP contribution in [0, 0.1) is 6.92 Å². The quantitative estimate of drug-likeness (QED) is 0.675. The maximum Gasteiger partial charge on any atom is 0.222 e. The fourth-order valence-electron chi connectivity index (χ4n) is 2.10. The number of carbonyl (C=O) groups excluding carboxylic acids is 1. The first-order valence-corrected chi connectivity index (χ1v) is 7.77. The maximum atomic E-state index is 11.9. The van der Waals surface area contributed by atoms with Crippen molar-refractivity contribution in [3.63, 3.8) is 0 Å². The minimum Gasteiger partial charge on any atom is -0.491 e. The van der Waals surface area contributed by atoms with Crippen LogP contribution in [-0.2, 0) is 4.79 Å². The van der Waals surface area contributed by atoms with Crippen molar-refractivity contribution < 1.29 is 9.53 Å². The number of ether oxygens (including phenoxy) is 1. The highest BCUT2D eigenvalue weighted by molar-refractivity contribution is 5.75. The van der Waals surface area contributed by atoms with E-state index in [-0.39, 0.29) is 5.91 Å². The van der Waals surface area contributed by atoms with Crippen molar-refractivity contribution in [3.8, 4) is 5.75 Å². The van der Waals surface area contributed by atoms with E-state index >= 15 is 0 Å². The van der Waals surface area contributed by atoms with Crippen molar-refractivity contribution in [1.29, 1.82) is 0 Å². The van der Waals surface area contributed by atoms with E-state index in [4.69, 9.17) is 10.5 Å². The van der Waals surface area contributed by atoms with Crippen molar-refractivity contribution in [3.05, 3.63) is 29.8 Å². The average Bonchev–Trinajstić information content (AvgIpc) is 2.48. The molecular formula is C17H28N2O2. The van der Waals surface area contributed by atoms with E-state index in [0.29, 0.717) is 19.6 Å². The van der Waals surface area contributed by atoms with Crippen LogP contribution in [0.15, 0.2) is 24.3 Å². The molecule has 0 atom stereocenters. The van der Waals surface area contributed by atoms with Gasteiger partial charge >= 0.3 is 0 Å². The van der Waals surface area contributed by atoms with E-state index in [1.54, 1.807) is 4.90 Å². The molecule has 118 valence electrons. The van der Waals surface area contributed by atoms with E-state index in [0.717, 1.165) is 43.5 Å². The lowest BCUT2D eigenvalue weighted by atomic mass is 10.1. The largest absolute Gasteiger partial charge is 0.491 e. The van der Waals surface area contributed by atoms with Gasteiger partial charge in [0.15, 0.2) is 0 Å². The summed E-state index contributed by atoms with van der Waals surface area (Å²) in [6.07, 6.45) is 4.81. The van der Waals surface area contributed by atoms with Gasteiger partial charge in [-0.05, 0) is 37.9 Å². The fourth-order valence-corrected chi connectivity index (χ4v) is 2.10. The van der Waals surface area contributed by atoms with Gasteiger partial charge in [0.2, 0.25) is 5.91 Å². The van der Waals surface area contributed by atoms with Crippen LogP contribution in [0.2, 0.25) is 0 Å². The zero-order valence-corrected chi connectivity index (χ0v) is 13.3. The van der Waals surface area contributed by atoms with Gasteiger partial charge in [-0.3, -0.25) is 4.79 Å². The number of amides is 1. The molecule has 4 heteroatoms. The molecular weight excluding hydrogens is 264 g/mol. The van der Waals surface area contributed by atoms with Gasteiger partial charge in [-0.2, -0.15) is 0 Å². The van der Waals surface area contributed by atoms with Gasteiger partial charge in [0.05, 0.1) is 6.54 Å². The lowest BCUT2D eigenvalue weighted by molar-refractivity contribution is -0.130. The monoisotopic (exact) mass is 292 g/mol. The van der Waals surface area contributed by atoms with Gasteiger partial charge in [0.25, 0.3) is 0 Å². The Kier molecular flexibility index (Phi) is 8.51. The summed E-state index contributed by atoms with van der Waals surface area (Å²) in [4.78, 5) is 13.7. The summed E-state index contributed by atoms with van der Waals surface area (Å²) in [5.41, 5.74) is 6.56. The number of benzene rings is 1. The first-order valence-electron chi connectivity index (χ1n) is 7.77. The molecule has 1 rings (SSSR count). The number of likely N-dealkylation sites (N-methyl/N-ethyl adjacent to an activating group) is 1. The Morgan fingerprint density at radius 2 is 1.90 bits per heavy atom. The van der Waals surface area contributed by atoms with Crippen LogP contribution in [0.3, 0.4) is 0 Å². The molecule has 0 unspecified atom stereocenters. The summed E-state index contributed by atoms with van der Waals surface area (Å²) >= 11 is 0. The molecule has 1 aromatic rings. The van der Waals surface area contributed by atoms with Crippen LogP contribution in [0.5, 0.6) is 5.75 Å². The van der Waals surface area contributed by atoms with Gasteiger partial charge in [0, 0.05) is 13.5 Å². The summed E-state index contributed by atoms with van der Waals surface area (Å²) in [6.45, 7) is 3.91. The van der Waals surface area contributed by atoms with Crippen LogP contribution in [0.4, 0.5) is 0 Å². The SMILES string of the molecule is Cc1ccccc1OCCN(C)C(=O)CCCCCCN. The summed E-state index contributed by atoms with van der Waals surface area (Å²) < 4.78 is 5.71. The Hall–Kier alpha value is -1.55. The summed E-state index contributed by atoms with van der Waals surface area (Å²) in [5, 5.41) is 0. The van der Waals surface area contributed by atoms with Crippen LogP contribution >= 0.6 is 0 Å². The number of carbonyl (C=O) groups is 1. The van der Waals surface area contributed by atoms with Gasteiger partial charge < -0.3 is 15.4 Å². The number of nitrogens with two attached hydrogens (primary N) is 1. The highest BCUT2D eigenvalue weighted by Gasteiger charge is 2.08. The predicted octanol–water partition coefficient (Wildman–Crippen LogP) is 2.74. The molecule has 0 fully saturated rings. The topological polar surface area (TPSA) is 55.6 Å². The third kappa shape index (κ3) is 7.14. The molecule has 2 N–H and O–H groups in total. The van der Waals surface area contributed by atoms with Gasteiger partial charge in [0.1, 0.15) is 12.4 Å². The molecule has 0 aliphatic heterocycles. The van der Waals surface area contributed by atoms with Crippen molar-refractivity contribution >= 4 is 5.91 Å². The molecule has 0 saturated heterocycles. The summed E-state index contributed by atoms with van der Waals surface area (Å²) in [5.74, 6) is 1.08. The Labute approximate surface area is 128 Å². The second-order valence-corrected chi connectivity index (χ2v) is 5.38. The van der Waals surface area contributed by atoms with Gasteiger partial charge in [-0.15, -0.1) is 0 Å². The second kappa shape index (κ2) is 10.2. The molecule has 0 aromatic heterocycles. The molecule has 0 heterocycles. The minimum atomic E-state index is 0.191. The van der Waals surface area contributed by atoms with Crippen LogP contribution < -0.4 is 10.5 Å². The molecule has 0 saturated carbocycles. The summed E-state index contributed by atoms with van der Waals surface area (Å²) in [7, 11) is 1.84. The third-order valence-corrected chi connectivity index (χ3v) is 3.55. The normalized spacial score (nSPS) is 10.4. The number of nitrogens with zero attached hydrogens (tertiary/aromatic N) is 1. The Bertz CT molecular complexity index is 421. The lowest BCUT2D eigenvalue weighted by Crippen LogP contribution is -2.30. The Balaban J connectivity index is 2.16. The molecule has 1 amide bonds. The number of unbranched alkanes of at least 4 members (excludes halogenated alkanes) is 3. The summed E-state index contributed by atoms with van der Waals surface area (Å²) in [6, 6.07) is 7.92. The highest BCUT2D eigenvalue weighted by Crippen LogP contribution is 2.15. The zero-order valence-electron chi connectivity index (χ0n) is 13.3. The van der Waals surface area contributed by atoms with Crippen molar-refractivity contribution in [1.82, 2.24) is 4.90 Å². The number of para-hydroxylation sites is 1. The molecule has 1 aromatic carbocycles. The van der Waals surface area contributed by atoms with Crippen LogP contribution in [0.25, 0.3) is 0 Å².